The highest BCUT2D eigenvalue weighted by molar-refractivity contribution is 5.85. The Bertz CT molecular complexity index is 390. The second kappa shape index (κ2) is 7.85. The summed E-state index contributed by atoms with van der Waals surface area (Å²) in [6.07, 6.45) is 1.67. The average molecular weight is 331 g/mol. The number of nitrogens with two attached hydrogens (primary N) is 2. The second-order valence-electron chi connectivity index (χ2n) is 5.05. The first-order valence-corrected chi connectivity index (χ1v) is 5.56. The fraction of sp³-hybridized carbons (Fsp3) is 0.545. The van der Waals surface area contributed by atoms with Crippen LogP contribution < -0.4 is 28.8 Å². The summed E-state index contributed by atoms with van der Waals surface area (Å²) in [6.45, 7) is 4.22. The van der Waals surface area contributed by atoms with Crippen LogP contribution in [0.1, 0.15) is 0 Å². The van der Waals surface area contributed by atoms with E-state index in [2.05, 4.69) is 24.0 Å². The predicted octanol–water partition coefficient (Wildman–Crippen LogP) is -2.01. The number of hydrogen-bond donors (Lipinski definition) is 2. The first-order chi connectivity index (χ1) is 7.48. The van der Waals surface area contributed by atoms with Crippen molar-refractivity contribution in [2.75, 3.05) is 56.6 Å². The Hall–Kier alpha value is -0.620. The SMILES string of the molecule is C[N+]1(C)CCN(c2ncc(N)cc2N)CC1.Cl.Cl.[Cl-]. The van der Waals surface area contributed by atoms with Crippen molar-refractivity contribution >= 4 is 42.0 Å². The normalized spacial score (nSPS) is 16.6. The molecule has 1 aliphatic heterocycles. The zero-order valence-corrected chi connectivity index (χ0v) is 13.6. The minimum absolute atomic E-state index is 0. The van der Waals surface area contributed by atoms with E-state index < -0.39 is 0 Å². The molecule has 2 heterocycles. The molecule has 1 saturated heterocycles. The van der Waals surface area contributed by atoms with Gasteiger partial charge in [0.25, 0.3) is 0 Å². The maximum atomic E-state index is 5.93. The van der Waals surface area contributed by atoms with Gasteiger partial charge >= 0.3 is 0 Å². The maximum Gasteiger partial charge on any atom is 0.152 e. The van der Waals surface area contributed by atoms with Gasteiger partial charge < -0.3 is 33.3 Å². The van der Waals surface area contributed by atoms with E-state index in [-0.39, 0.29) is 37.2 Å². The van der Waals surface area contributed by atoms with Gasteiger partial charge in [-0.2, -0.15) is 0 Å². The summed E-state index contributed by atoms with van der Waals surface area (Å²) in [4.78, 5) is 6.55. The van der Waals surface area contributed by atoms with Gasteiger partial charge in [0, 0.05) is 0 Å². The molecule has 0 aliphatic carbocycles. The third-order valence-corrected chi connectivity index (χ3v) is 3.17. The molecule has 0 amide bonds. The third-order valence-electron chi connectivity index (χ3n) is 3.17. The molecule has 1 aliphatic rings. The molecule has 19 heavy (non-hydrogen) atoms. The van der Waals surface area contributed by atoms with Gasteiger partial charge in [0.1, 0.15) is 0 Å². The number of hydrogen-bond acceptors (Lipinski definition) is 4. The molecule has 4 N–H and O–H groups in total. The molecule has 5 nitrogen and oxygen atoms in total. The number of rotatable bonds is 1. The van der Waals surface area contributed by atoms with Crippen molar-refractivity contribution in [2.45, 2.75) is 0 Å². The van der Waals surface area contributed by atoms with E-state index in [9.17, 15) is 0 Å². The molecule has 0 atom stereocenters. The largest absolute Gasteiger partial charge is 1.00 e. The lowest BCUT2D eigenvalue weighted by molar-refractivity contribution is -0.890. The highest BCUT2D eigenvalue weighted by Gasteiger charge is 2.25. The van der Waals surface area contributed by atoms with Gasteiger partial charge in [0.2, 0.25) is 0 Å². The van der Waals surface area contributed by atoms with E-state index in [0.29, 0.717) is 11.4 Å². The maximum absolute atomic E-state index is 5.93. The molecule has 0 unspecified atom stereocenters. The van der Waals surface area contributed by atoms with Crippen molar-refractivity contribution in [1.29, 1.82) is 0 Å². The average Bonchev–Trinajstić information content (AvgIpc) is 2.19. The lowest BCUT2D eigenvalue weighted by Crippen LogP contribution is -3.00. The Kier molecular flexibility index (Phi) is 8.54. The standard InChI is InChI=1S/C11H20N5.3ClH/c1-16(2)5-3-15(4-6-16)11-10(13)7-9(12)8-14-11;;;/h7-8H,3-6,12-13H2,1-2H3;3*1H/q+1;;;/p-1. The van der Waals surface area contributed by atoms with E-state index in [0.717, 1.165) is 36.5 Å². The third kappa shape index (κ3) is 5.10. The van der Waals surface area contributed by atoms with Gasteiger partial charge in [-0.1, -0.05) is 0 Å². The van der Waals surface area contributed by atoms with Gasteiger partial charge in [0.05, 0.1) is 57.8 Å². The molecule has 0 saturated carbocycles. The van der Waals surface area contributed by atoms with E-state index in [4.69, 9.17) is 11.5 Å². The zero-order chi connectivity index (χ0) is 11.8. The number of likely N-dealkylation sites (N-methyl/N-ethyl adjacent to an activating group) is 1. The van der Waals surface area contributed by atoms with Crippen LogP contribution in [0.4, 0.5) is 17.2 Å². The van der Waals surface area contributed by atoms with E-state index in [1.165, 1.54) is 0 Å². The monoisotopic (exact) mass is 329 g/mol. The van der Waals surface area contributed by atoms with E-state index in [1.54, 1.807) is 12.3 Å². The van der Waals surface area contributed by atoms with Crippen LogP contribution in [0.3, 0.4) is 0 Å². The summed E-state index contributed by atoms with van der Waals surface area (Å²) in [5.41, 5.74) is 12.9. The van der Waals surface area contributed by atoms with Crippen LogP contribution in [-0.4, -0.2) is 49.7 Å². The molecule has 112 valence electrons. The van der Waals surface area contributed by atoms with Gasteiger partial charge in [-0.3, -0.25) is 0 Å². The summed E-state index contributed by atoms with van der Waals surface area (Å²) in [7, 11) is 4.49. The first kappa shape index (κ1) is 20.7. The number of nitrogen functional groups attached to an aromatic ring is 2. The van der Waals surface area contributed by atoms with Crippen LogP contribution in [0.15, 0.2) is 12.3 Å². The molecule has 1 aromatic rings. The Morgan fingerprint density at radius 3 is 2.16 bits per heavy atom. The van der Waals surface area contributed by atoms with Gasteiger partial charge in [-0.15, -0.1) is 24.8 Å². The van der Waals surface area contributed by atoms with Crippen LogP contribution in [0.5, 0.6) is 0 Å². The van der Waals surface area contributed by atoms with Crippen molar-refractivity contribution in [3.8, 4) is 0 Å². The molecule has 8 heteroatoms. The fourth-order valence-corrected chi connectivity index (χ4v) is 1.97. The minimum Gasteiger partial charge on any atom is -1.00 e. The van der Waals surface area contributed by atoms with Crippen LogP contribution in [0.2, 0.25) is 0 Å². The molecule has 0 radical (unpaired) electrons. The van der Waals surface area contributed by atoms with Gasteiger partial charge in [-0.25, -0.2) is 4.98 Å². The molecule has 1 fully saturated rings. The Labute approximate surface area is 133 Å². The van der Waals surface area contributed by atoms with Crippen molar-refractivity contribution in [3.05, 3.63) is 12.3 Å². The summed E-state index contributed by atoms with van der Waals surface area (Å²) in [6, 6.07) is 1.77. The zero-order valence-electron chi connectivity index (χ0n) is 11.2. The van der Waals surface area contributed by atoms with E-state index >= 15 is 0 Å². The number of quaternary nitrogens is 1. The van der Waals surface area contributed by atoms with Crippen LogP contribution in [-0.2, 0) is 0 Å². The lowest BCUT2D eigenvalue weighted by atomic mass is 10.2. The smallest absolute Gasteiger partial charge is 0.152 e. The molecule has 1 aromatic heterocycles. The molecule has 0 aromatic carbocycles. The highest BCUT2D eigenvalue weighted by Crippen LogP contribution is 2.23. The van der Waals surface area contributed by atoms with Gasteiger partial charge in [0.15, 0.2) is 5.82 Å². The number of anilines is 3. The van der Waals surface area contributed by atoms with Crippen molar-refractivity contribution in [1.82, 2.24) is 4.98 Å². The number of halogens is 3. The first-order valence-electron chi connectivity index (χ1n) is 5.56. The number of piperazine rings is 1. The van der Waals surface area contributed by atoms with Gasteiger partial charge in [-0.05, 0) is 6.07 Å². The number of pyridine rings is 1. The minimum atomic E-state index is 0. The highest BCUT2D eigenvalue weighted by atomic mass is 35.5. The molecular formula is C11H22Cl3N5. The molecule has 2 rings (SSSR count). The second-order valence-corrected chi connectivity index (χ2v) is 5.05. The topological polar surface area (TPSA) is 68.2 Å². The Morgan fingerprint density at radius 2 is 1.68 bits per heavy atom. The van der Waals surface area contributed by atoms with Crippen LogP contribution in [0.25, 0.3) is 0 Å². The van der Waals surface area contributed by atoms with Crippen LogP contribution >= 0.6 is 24.8 Å². The molecule has 0 spiro atoms. The number of nitrogens with zero attached hydrogens (tertiary/aromatic N) is 3. The van der Waals surface area contributed by atoms with Crippen molar-refractivity contribution in [2.24, 2.45) is 0 Å². The predicted molar refractivity (Wildman–Crippen MR) is 81.6 cm³/mol. The molecular weight excluding hydrogens is 309 g/mol. The number of aromatic nitrogens is 1. The fourth-order valence-electron chi connectivity index (χ4n) is 1.97. The van der Waals surface area contributed by atoms with E-state index in [1.807, 2.05) is 0 Å². The summed E-state index contributed by atoms with van der Waals surface area (Å²) >= 11 is 0. The summed E-state index contributed by atoms with van der Waals surface area (Å²) < 4.78 is 1.06. The van der Waals surface area contributed by atoms with Crippen molar-refractivity contribution in [3.63, 3.8) is 0 Å². The Balaban J connectivity index is 0. The van der Waals surface area contributed by atoms with Crippen LogP contribution in [0, 0.1) is 0 Å². The summed E-state index contributed by atoms with van der Waals surface area (Å²) in [5, 5.41) is 0. The summed E-state index contributed by atoms with van der Waals surface area (Å²) in [5.74, 6) is 0.869. The quantitative estimate of drug-likeness (QED) is 0.584. The molecule has 0 bridgehead atoms. The lowest BCUT2D eigenvalue weighted by Gasteiger charge is -2.39. The van der Waals surface area contributed by atoms with Crippen molar-refractivity contribution < 1.29 is 16.9 Å². The Morgan fingerprint density at radius 1 is 1.16 bits per heavy atom.